The molecule has 1 rings (SSSR count). The lowest BCUT2D eigenvalue weighted by molar-refractivity contribution is 0.226. The molecule has 1 aliphatic rings. The standard InChI is InChI=1S/C8H15ClN2/c1-8-7-11(5-2-3-9)6-4-10-8/h2-3,8,10H,4-7H2,1H3/b3-2+/t8-/m0/s1. The Kier molecular flexibility index (Phi) is 3.91. The molecule has 1 atom stereocenters. The van der Waals surface area contributed by atoms with Gasteiger partial charge in [0.05, 0.1) is 0 Å². The van der Waals surface area contributed by atoms with Gasteiger partial charge in [0.25, 0.3) is 0 Å². The van der Waals surface area contributed by atoms with E-state index < -0.39 is 0 Å². The van der Waals surface area contributed by atoms with E-state index in [-0.39, 0.29) is 0 Å². The van der Waals surface area contributed by atoms with Crippen molar-refractivity contribution in [3.8, 4) is 0 Å². The Balaban J connectivity index is 2.22. The Morgan fingerprint density at radius 2 is 2.55 bits per heavy atom. The summed E-state index contributed by atoms with van der Waals surface area (Å²) in [6, 6.07) is 0.618. The maximum absolute atomic E-state index is 5.43. The van der Waals surface area contributed by atoms with Crippen molar-refractivity contribution in [2.45, 2.75) is 13.0 Å². The average Bonchev–Trinajstić information content (AvgIpc) is 2.01. The van der Waals surface area contributed by atoms with Gasteiger partial charge in [-0.2, -0.15) is 0 Å². The Morgan fingerprint density at radius 1 is 1.73 bits per heavy atom. The van der Waals surface area contributed by atoms with Crippen LogP contribution in [-0.2, 0) is 0 Å². The number of halogens is 1. The summed E-state index contributed by atoms with van der Waals surface area (Å²) in [6.07, 6.45) is 1.99. The molecular formula is C8H15ClN2. The Morgan fingerprint density at radius 3 is 3.18 bits per heavy atom. The van der Waals surface area contributed by atoms with Gasteiger partial charge in [0.1, 0.15) is 0 Å². The first-order chi connectivity index (χ1) is 5.33. The highest BCUT2D eigenvalue weighted by Gasteiger charge is 2.13. The molecule has 0 unspecified atom stereocenters. The Hall–Kier alpha value is -0.0500. The number of rotatable bonds is 2. The second kappa shape index (κ2) is 4.75. The lowest BCUT2D eigenvalue weighted by Gasteiger charge is -2.30. The normalized spacial score (nSPS) is 28.0. The van der Waals surface area contributed by atoms with E-state index in [1.165, 1.54) is 0 Å². The van der Waals surface area contributed by atoms with Crippen molar-refractivity contribution in [2.24, 2.45) is 0 Å². The van der Waals surface area contributed by atoms with E-state index in [4.69, 9.17) is 11.6 Å². The quantitative estimate of drug-likeness (QED) is 0.673. The molecule has 0 saturated carbocycles. The van der Waals surface area contributed by atoms with Crippen LogP contribution in [0.1, 0.15) is 6.92 Å². The van der Waals surface area contributed by atoms with Crippen LogP contribution in [0, 0.1) is 0 Å². The average molecular weight is 175 g/mol. The fourth-order valence-electron chi connectivity index (χ4n) is 1.37. The molecule has 11 heavy (non-hydrogen) atoms. The van der Waals surface area contributed by atoms with Crippen LogP contribution in [0.25, 0.3) is 0 Å². The molecule has 0 aromatic carbocycles. The zero-order valence-corrected chi connectivity index (χ0v) is 7.64. The zero-order valence-electron chi connectivity index (χ0n) is 6.89. The number of hydrogen-bond donors (Lipinski definition) is 1. The van der Waals surface area contributed by atoms with Crippen molar-refractivity contribution in [1.29, 1.82) is 0 Å². The highest BCUT2D eigenvalue weighted by atomic mass is 35.5. The molecule has 1 aliphatic heterocycles. The van der Waals surface area contributed by atoms with Gasteiger partial charge in [-0.15, -0.1) is 0 Å². The Labute approximate surface area is 73.2 Å². The summed E-state index contributed by atoms with van der Waals surface area (Å²) in [4.78, 5) is 2.39. The summed E-state index contributed by atoms with van der Waals surface area (Å²) in [6.45, 7) is 6.54. The molecule has 1 saturated heterocycles. The van der Waals surface area contributed by atoms with Crippen molar-refractivity contribution in [3.05, 3.63) is 11.6 Å². The van der Waals surface area contributed by atoms with Crippen LogP contribution in [0.3, 0.4) is 0 Å². The van der Waals surface area contributed by atoms with E-state index in [0.29, 0.717) is 6.04 Å². The molecule has 1 N–H and O–H groups in total. The van der Waals surface area contributed by atoms with Crippen LogP contribution in [0.15, 0.2) is 11.6 Å². The summed E-state index contributed by atoms with van der Waals surface area (Å²) in [7, 11) is 0. The van der Waals surface area contributed by atoms with E-state index in [1.54, 1.807) is 5.54 Å². The second-order valence-corrected chi connectivity index (χ2v) is 3.23. The molecule has 0 spiro atoms. The van der Waals surface area contributed by atoms with Gasteiger partial charge in [0.15, 0.2) is 0 Å². The minimum absolute atomic E-state index is 0.618. The van der Waals surface area contributed by atoms with E-state index in [2.05, 4.69) is 17.1 Å². The molecule has 3 heteroatoms. The van der Waals surface area contributed by atoms with E-state index in [1.807, 2.05) is 6.08 Å². The minimum atomic E-state index is 0.618. The maximum atomic E-state index is 5.43. The maximum Gasteiger partial charge on any atom is 0.0175 e. The molecule has 1 heterocycles. The SMILES string of the molecule is C[C@H]1CN(C/C=C/Cl)CCN1. The predicted octanol–water partition coefficient (Wildman–Crippen LogP) is 1.03. The van der Waals surface area contributed by atoms with Gasteiger partial charge in [-0.05, 0) is 6.92 Å². The smallest absolute Gasteiger partial charge is 0.0175 e. The van der Waals surface area contributed by atoms with Gasteiger partial charge >= 0.3 is 0 Å². The summed E-state index contributed by atoms with van der Waals surface area (Å²) in [5.41, 5.74) is 1.59. The van der Waals surface area contributed by atoms with Crippen LogP contribution in [-0.4, -0.2) is 37.1 Å². The summed E-state index contributed by atoms with van der Waals surface area (Å²) >= 11 is 5.43. The highest BCUT2D eigenvalue weighted by Crippen LogP contribution is 1.98. The number of hydrogen-bond acceptors (Lipinski definition) is 2. The van der Waals surface area contributed by atoms with E-state index in [0.717, 1.165) is 26.2 Å². The topological polar surface area (TPSA) is 15.3 Å². The first-order valence-corrected chi connectivity index (χ1v) is 4.47. The fourth-order valence-corrected chi connectivity index (χ4v) is 1.45. The summed E-state index contributed by atoms with van der Waals surface area (Å²) in [5, 5.41) is 3.39. The van der Waals surface area contributed by atoms with Crippen molar-refractivity contribution in [1.82, 2.24) is 10.2 Å². The molecule has 0 radical (unpaired) electrons. The fraction of sp³-hybridized carbons (Fsp3) is 0.750. The number of nitrogens with one attached hydrogen (secondary N) is 1. The third-order valence-electron chi connectivity index (χ3n) is 1.91. The van der Waals surface area contributed by atoms with Crippen molar-refractivity contribution >= 4 is 11.6 Å². The van der Waals surface area contributed by atoms with Crippen LogP contribution < -0.4 is 5.32 Å². The molecule has 0 aromatic rings. The largest absolute Gasteiger partial charge is 0.312 e. The molecular weight excluding hydrogens is 160 g/mol. The highest BCUT2D eigenvalue weighted by molar-refractivity contribution is 6.25. The van der Waals surface area contributed by atoms with E-state index in [9.17, 15) is 0 Å². The monoisotopic (exact) mass is 174 g/mol. The minimum Gasteiger partial charge on any atom is -0.312 e. The second-order valence-electron chi connectivity index (χ2n) is 2.98. The Bertz CT molecular complexity index is 136. The molecule has 0 aliphatic carbocycles. The van der Waals surface area contributed by atoms with Crippen molar-refractivity contribution in [2.75, 3.05) is 26.2 Å². The first-order valence-electron chi connectivity index (χ1n) is 4.04. The molecule has 0 bridgehead atoms. The third-order valence-corrected chi connectivity index (χ3v) is 2.08. The van der Waals surface area contributed by atoms with Crippen molar-refractivity contribution in [3.63, 3.8) is 0 Å². The molecule has 1 fully saturated rings. The van der Waals surface area contributed by atoms with Gasteiger partial charge < -0.3 is 5.32 Å². The van der Waals surface area contributed by atoms with Gasteiger partial charge in [-0.1, -0.05) is 17.7 Å². The van der Waals surface area contributed by atoms with Crippen molar-refractivity contribution < 1.29 is 0 Å². The summed E-state index contributed by atoms with van der Waals surface area (Å²) < 4.78 is 0. The predicted molar refractivity (Wildman–Crippen MR) is 48.9 cm³/mol. The number of piperazine rings is 1. The van der Waals surface area contributed by atoms with Crippen LogP contribution in [0.4, 0.5) is 0 Å². The third kappa shape index (κ3) is 3.23. The van der Waals surface area contributed by atoms with Gasteiger partial charge in [0, 0.05) is 37.8 Å². The van der Waals surface area contributed by atoms with Gasteiger partial charge in [-0.25, -0.2) is 0 Å². The van der Waals surface area contributed by atoms with Crippen LogP contribution >= 0.6 is 11.6 Å². The summed E-state index contributed by atoms with van der Waals surface area (Å²) in [5.74, 6) is 0. The first kappa shape index (κ1) is 9.04. The van der Waals surface area contributed by atoms with Gasteiger partial charge in [-0.3, -0.25) is 4.90 Å². The molecule has 0 aromatic heterocycles. The van der Waals surface area contributed by atoms with Crippen LogP contribution in [0.2, 0.25) is 0 Å². The number of nitrogens with zero attached hydrogens (tertiary/aromatic N) is 1. The molecule has 0 amide bonds. The molecule has 2 nitrogen and oxygen atoms in total. The lowest BCUT2D eigenvalue weighted by atomic mass is 10.2. The molecule has 64 valence electrons. The van der Waals surface area contributed by atoms with Gasteiger partial charge in [0.2, 0.25) is 0 Å². The van der Waals surface area contributed by atoms with E-state index >= 15 is 0 Å². The zero-order chi connectivity index (χ0) is 8.10. The lowest BCUT2D eigenvalue weighted by Crippen LogP contribution is -2.49. The van der Waals surface area contributed by atoms with Crippen LogP contribution in [0.5, 0.6) is 0 Å².